The monoisotopic (exact) mass is 274 g/mol. The highest BCUT2D eigenvalue weighted by molar-refractivity contribution is 8.14. The topological polar surface area (TPSA) is 24.4 Å². The number of anilines is 1. The number of hydrogen-bond donors (Lipinski definition) is 1. The minimum Gasteiger partial charge on any atom is -0.335 e. The second-order valence-electron chi connectivity index (χ2n) is 5.90. The number of amidine groups is 1. The van der Waals surface area contributed by atoms with Crippen LogP contribution in [0.1, 0.15) is 36.0 Å². The van der Waals surface area contributed by atoms with Gasteiger partial charge in [-0.15, -0.1) is 0 Å². The highest BCUT2D eigenvalue weighted by Gasteiger charge is 2.31. The predicted molar refractivity (Wildman–Crippen MR) is 85.3 cm³/mol. The number of nitrogens with one attached hydrogen (secondary N) is 1. The summed E-state index contributed by atoms with van der Waals surface area (Å²) in [6.45, 7) is 6.50. The summed E-state index contributed by atoms with van der Waals surface area (Å²) in [5, 5.41) is 4.69. The third kappa shape index (κ3) is 2.66. The minimum absolute atomic E-state index is 0.579. The van der Waals surface area contributed by atoms with E-state index in [1.54, 1.807) is 0 Å². The summed E-state index contributed by atoms with van der Waals surface area (Å²) in [6, 6.07) is 5.05. The Morgan fingerprint density at radius 1 is 1.16 bits per heavy atom. The Kier molecular flexibility index (Phi) is 3.57. The first-order valence-electron chi connectivity index (χ1n) is 7.19. The third-order valence-corrected chi connectivity index (χ3v) is 5.32. The molecule has 0 saturated heterocycles. The van der Waals surface area contributed by atoms with Crippen molar-refractivity contribution in [2.24, 2.45) is 10.9 Å². The summed E-state index contributed by atoms with van der Waals surface area (Å²) in [5.74, 6) is 2.07. The van der Waals surface area contributed by atoms with Gasteiger partial charge < -0.3 is 5.32 Å². The van der Waals surface area contributed by atoms with E-state index in [9.17, 15) is 0 Å². The predicted octanol–water partition coefficient (Wildman–Crippen LogP) is 4.30. The molecular formula is C16H22N2S. The first-order valence-corrected chi connectivity index (χ1v) is 8.17. The lowest BCUT2D eigenvalue weighted by Gasteiger charge is -2.24. The molecule has 3 heteroatoms. The molecule has 2 atom stereocenters. The Morgan fingerprint density at radius 3 is 2.63 bits per heavy atom. The molecule has 1 fully saturated rings. The van der Waals surface area contributed by atoms with Gasteiger partial charge in [-0.3, -0.25) is 4.99 Å². The zero-order valence-electron chi connectivity index (χ0n) is 12.0. The Balaban J connectivity index is 1.82. The van der Waals surface area contributed by atoms with Gasteiger partial charge in [-0.05, 0) is 50.7 Å². The molecular weight excluding hydrogens is 252 g/mol. The summed E-state index contributed by atoms with van der Waals surface area (Å²) >= 11 is 1.89. The van der Waals surface area contributed by atoms with Gasteiger partial charge in [-0.1, -0.05) is 35.9 Å². The summed E-state index contributed by atoms with van der Waals surface area (Å²) in [4.78, 5) is 4.91. The number of thioether (sulfide) groups is 1. The highest BCUT2D eigenvalue weighted by Crippen LogP contribution is 2.36. The molecule has 1 saturated carbocycles. The van der Waals surface area contributed by atoms with E-state index in [-0.39, 0.29) is 0 Å². The average Bonchev–Trinajstić information content (AvgIpc) is 2.81. The van der Waals surface area contributed by atoms with E-state index < -0.39 is 0 Å². The second-order valence-corrected chi connectivity index (χ2v) is 6.91. The largest absolute Gasteiger partial charge is 0.335 e. The summed E-state index contributed by atoms with van der Waals surface area (Å²) < 4.78 is 0. The van der Waals surface area contributed by atoms with Crippen molar-refractivity contribution in [2.45, 2.75) is 46.1 Å². The molecule has 0 aromatic heterocycles. The molecule has 1 aliphatic carbocycles. The van der Waals surface area contributed by atoms with Gasteiger partial charge in [0.15, 0.2) is 5.17 Å². The van der Waals surface area contributed by atoms with Gasteiger partial charge in [0.25, 0.3) is 0 Å². The molecule has 0 spiro atoms. The molecule has 1 N–H and O–H groups in total. The molecule has 1 heterocycles. The zero-order valence-corrected chi connectivity index (χ0v) is 12.8. The van der Waals surface area contributed by atoms with Crippen molar-refractivity contribution >= 4 is 22.6 Å². The van der Waals surface area contributed by atoms with Crippen LogP contribution in [0, 0.1) is 26.7 Å². The number of rotatable bonds is 1. The van der Waals surface area contributed by atoms with E-state index in [1.807, 2.05) is 11.8 Å². The fraction of sp³-hybridized carbons (Fsp3) is 0.562. The Bertz CT molecular complexity index is 498. The molecule has 0 radical (unpaired) electrons. The molecule has 0 bridgehead atoms. The molecule has 102 valence electrons. The van der Waals surface area contributed by atoms with Crippen LogP contribution >= 0.6 is 11.8 Å². The van der Waals surface area contributed by atoms with E-state index in [4.69, 9.17) is 4.99 Å². The van der Waals surface area contributed by atoms with Gasteiger partial charge in [-0.25, -0.2) is 0 Å². The average molecular weight is 274 g/mol. The van der Waals surface area contributed by atoms with E-state index in [0.29, 0.717) is 6.04 Å². The molecule has 0 amide bonds. The first-order chi connectivity index (χ1) is 9.13. The van der Waals surface area contributed by atoms with Crippen molar-refractivity contribution in [3.63, 3.8) is 0 Å². The van der Waals surface area contributed by atoms with Crippen molar-refractivity contribution < 1.29 is 0 Å². The number of benzene rings is 1. The van der Waals surface area contributed by atoms with Crippen molar-refractivity contribution in [3.05, 3.63) is 28.8 Å². The molecule has 1 aliphatic heterocycles. The van der Waals surface area contributed by atoms with Crippen molar-refractivity contribution in [1.29, 1.82) is 0 Å². The van der Waals surface area contributed by atoms with Crippen LogP contribution in [-0.4, -0.2) is 17.0 Å². The van der Waals surface area contributed by atoms with Crippen LogP contribution in [-0.2, 0) is 0 Å². The summed E-state index contributed by atoms with van der Waals surface area (Å²) in [5.41, 5.74) is 5.20. The normalized spacial score (nSPS) is 25.9. The maximum absolute atomic E-state index is 4.91. The lowest BCUT2D eigenvalue weighted by molar-refractivity contribution is 0.535. The number of fused-ring (bicyclic) bond motifs is 1. The smallest absolute Gasteiger partial charge is 0.161 e. The van der Waals surface area contributed by atoms with Crippen LogP contribution in [0.5, 0.6) is 0 Å². The first kappa shape index (κ1) is 13.0. The van der Waals surface area contributed by atoms with Crippen LogP contribution in [0.25, 0.3) is 0 Å². The van der Waals surface area contributed by atoms with Crippen LogP contribution in [0.4, 0.5) is 5.69 Å². The molecule has 1 aromatic rings. The van der Waals surface area contributed by atoms with Crippen LogP contribution in [0.15, 0.2) is 17.1 Å². The van der Waals surface area contributed by atoms with Gasteiger partial charge in [0.2, 0.25) is 0 Å². The Labute approximate surface area is 120 Å². The van der Waals surface area contributed by atoms with Crippen molar-refractivity contribution in [3.8, 4) is 0 Å². The van der Waals surface area contributed by atoms with Crippen LogP contribution in [0.2, 0.25) is 0 Å². The second kappa shape index (κ2) is 5.20. The van der Waals surface area contributed by atoms with Crippen LogP contribution < -0.4 is 5.32 Å². The number of aliphatic imine (C=N–C) groups is 1. The summed E-state index contributed by atoms with van der Waals surface area (Å²) in [6.07, 6.45) is 4.01. The number of hydrogen-bond acceptors (Lipinski definition) is 3. The van der Waals surface area contributed by atoms with Crippen molar-refractivity contribution in [2.75, 3.05) is 11.1 Å². The lowest BCUT2D eigenvalue weighted by atomic mass is 10.1. The zero-order chi connectivity index (χ0) is 13.4. The quantitative estimate of drug-likeness (QED) is 0.826. The molecule has 3 rings (SSSR count). The fourth-order valence-corrected chi connectivity index (χ4v) is 4.45. The summed E-state index contributed by atoms with van der Waals surface area (Å²) in [7, 11) is 0. The van der Waals surface area contributed by atoms with Gasteiger partial charge in [0.1, 0.15) is 0 Å². The van der Waals surface area contributed by atoms with Gasteiger partial charge in [0.05, 0.1) is 6.04 Å². The van der Waals surface area contributed by atoms with Gasteiger partial charge in [-0.2, -0.15) is 0 Å². The van der Waals surface area contributed by atoms with E-state index in [2.05, 4.69) is 38.2 Å². The fourth-order valence-electron chi connectivity index (χ4n) is 3.31. The SMILES string of the molecule is Cc1cc(C)c(NC2=NC3CCCC3CS2)c(C)c1. The molecule has 2 aliphatic rings. The van der Waals surface area contributed by atoms with Crippen molar-refractivity contribution in [1.82, 2.24) is 0 Å². The maximum Gasteiger partial charge on any atom is 0.161 e. The highest BCUT2D eigenvalue weighted by atomic mass is 32.2. The van der Waals surface area contributed by atoms with Gasteiger partial charge in [0, 0.05) is 11.4 Å². The molecule has 1 aromatic carbocycles. The number of nitrogens with zero attached hydrogens (tertiary/aromatic N) is 1. The minimum atomic E-state index is 0.579. The Morgan fingerprint density at radius 2 is 1.89 bits per heavy atom. The van der Waals surface area contributed by atoms with Gasteiger partial charge >= 0.3 is 0 Å². The van der Waals surface area contributed by atoms with E-state index in [0.717, 1.165) is 11.1 Å². The standard InChI is InChI=1S/C16H22N2S/c1-10-7-11(2)15(12(3)8-10)18-16-17-14-6-4-5-13(14)9-19-16/h7-8,13-14H,4-6,9H2,1-3H3,(H,17,18). The van der Waals surface area contributed by atoms with E-state index in [1.165, 1.54) is 47.4 Å². The molecule has 2 nitrogen and oxygen atoms in total. The Hall–Kier alpha value is -0.960. The maximum atomic E-state index is 4.91. The lowest BCUT2D eigenvalue weighted by Crippen LogP contribution is -2.25. The third-order valence-electron chi connectivity index (χ3n) is 4.25. The van der Waals surface area contributed by atoms with Crippen LogP contribution in [0.3, 0.4) is 0 Å². The number of aryl methyl sites for hydroxylation is 3. The molecule has 2 unspecified atom stereocenters. The van der Waals surface area contributed by atoms with E-state index >= 15 is 0 Å². The molecule has 19 heavy (non-hydrogen) atoms.